The Bertz CT molecular complexity index is 1420. The van der Waals surface area contributed by atoms with Crippen LogP contribution in [-0.4, -0.2) is 97.6 Å². The van der Waals surface area contributed by atoms with Crippen molar-refractivity contribution in [2.45, 2.75) is 79.0 Å². The van der Waals surface area contributed by atoms with Crippen LogP contribution in [0.25, 0.3) is 0 Å². The molecule has 1 aliphatic heterocycles. The molecule has 1 aromatic rings. The fourth-order valence-electron chi connectivity index (χ4n) is 4.68. The van der Waals surface area contributed by atoms with E-state index in [4.69, 9.17) is 4.74 Å². The summed E-state index contributed by atoms with van der Waals surface area (Å²) >= 11 is 0. The molecule has 6 amide bonds. The molecule has 0 fully saturated rings. The summed E-state index contributed by atoms with van der Waals surface area (Å²) in [5.74, 6) is -2.26. The largest absolute Gasteiger partial charge is 0.445 e. The maximum absolute atomic E-state index is 13.0. The number of ether oxygens (including phenoxy) is 1. The summed E-state index contributed by atoms with van der Waals surface area (Å²) in [4.78, 5) is 76.7. The normalized spacial score (nSPS) is 14.2. The first kappa shape index (κ1) is 39.9. The zero-order valence-corrected chi connectivity index (χ0v) is 29.4. The molecule has 15 heteroatoms. The predicted molar refractivity (Wildman–Crippen MR) is 180 cm³/mol. The van der Waals surface area contributed by atoms with E-state index in [9.17, 15) is 37.2 Å². The van der Waals surface area contributed by atoms with Gasteiger partial charge in [0.15, 0.2) is 0 Å². The quantitative estimate of drug-likeness (QED) is 0.145. The van der Waals surface area contributed by atoms with Crippen molar-refractivity contribution in [3.05, 3.63) is 42.0 Å². The average Bonchev–Trinajstić information content (AvgIpc) is 3.32. The lowest BCUT2D eigenvalue weighted by Crippen LogP contribution is -2.53. The number of amides is 6. The maximum atomic E-state index is 13.0. The number of hydrogen-bond acceptors (Lipinski definition) is 9. The second-order valence-corrected chi connectivity index (χ2v) is 15.0. The lowest BCUT2D eigenvalue weighted by atomic mass is 10.0. The van der Waals surface area contributed by atoms with Gasteiger partial charge in [0.2, 0.25) is 17.7 Å². The first-order valence-electron chi connectivity index (χ1n) is 16.1. The number of unbranched alkanes of at least 4 members (excludes halogenated alkanes) is 2. The molecule has 1 aromatic carbocycles. The Kier molecular flexibility index (Phi) is 15.7. The monoisotopic (exact) mass is 691 g/mol. The maximum Gasteiger partial charge on any atom is 0.410 e. The van der Waals surface area contributed by atoms with Gasteiger partial charge in [0, 0.05) is 50.2 Å². The van der Waals surface area contributed by atoms with Gasteiger partial charge in [-0.3, -0.25) is 28.9 Å². The molecule has 0 saturated heterocycles. The molecule has 48 heavy (non-hydrogen) atoms. The van der Waals surface area contributed by atoms with Crippen molar-refractivity contribution in [3.63, 3.8) is 0 Å². The van der Waals surface area contributed by atoms with E-state index in [1.807, 2.05) is 13.8 Å². The van der Waals surface area contributed by atoms with Crippen LogP contribution < -0.4 is 16.0 Å². The number of imide groups is 1. The second kappa shape index (κ2) is 18.9. The Morgan fingerprint density at radius 1 is 0.875 bits per heavy atom. The van der Waals surface area contributed by atoms with Gasteiger partial charge in [-0.15, -0.1) is 0 Å². The summed E-state index contributed by atoms with van der Waals surface area (Å²) in [5, 5.41) is 8.11. The first-order valence-corrected chi connectivity index (χ1v) is 18.2. The van der Waals surface area contributed by atoms with Gasteiger partial charge < -0.3 is 25.6 Å². The Morgan fingerprint density at radius 2 is 1.50 bits per heavy atom. The van der Waals surface area contributed by atoms with Crippen molar-refractivity contribution in [1.29, 1.82) is 0 Å². The standard InChI is InChI=1S/C33H49N5O9S/c1-22(2)20-37(18-19-48(6,45)46)33(44)47-21-25-11-13-26(14-12-25)35-31(42)24(5)34-32(43)30(23(3)4)36-27(39)10-8-7-9-17-38-28(40)15-16-29(38)41/h11-16,22-24,30H,7-10,17-21H2,1-6H3,(H,34,43)(H,35,42)(H,36,39)/t24-,30-/m0/s1. The predicted octanol–water partition coefficient (Wildman–Crippen LogP) is 2.40. The van der Waals surface area contributed by atoms with Crippen molar-refractivity contribution >= 4 is 51.2 Å². The molecule has 0 saturated carbocycles. The Hall–Kier alpha value is -4.27. The van der Waals surface area contributed by atoms with Gasteiger partial charge >= 0.3 is 6.09 Å². The minimum atomic E-state index is -3.25. The van der Waals surface area contributed by atoms with E-state index in [2.05, 4.69) is 16.0 Å². The van der Waals surface area contributed by atoms with E-state index in [0.717, 1.165) is 11.2 Å². The van der Waals surface area contributed by atoms with E-state index >= 15 is 0 Å². The zero-order valence-electron chi connectivity index (χ0n) is 28.6. The lowest BCUT2D eigenvalue weighted by Gasteiger charge is -2.24. The highest BCUT2D eigenvalue weighted by molar-refractivity contribution is 7.90. The Morgan fingerprint density at radius 3 is 2.06 bits per heavy atom. The molecule has 266 valence electrons. The average molecular weight is 692 g/mol. The van der Waals surface area contributed by atoms with Crippen molar-refractivity contribution in [1.82, 2.24) is 20.4 Å². The van der Waals surface area contributed by atoms with Crippen LogP contribution in [-0.2, 0) is 45.2 Å². The summed E-state index contributed by atoms with van der Waals surface area (Å²) in [6.07, 6.45) is 4.83. The fourth-order valence-corrected chi connectivity index (χ4v) is 5.23. The summed E-state index contributed by atoms with van der Waals surface area (Å²) in [6, 6.07) is 4.81. The van der Waals surface area contributed by atoms with E-state index in [1.165, 1.54) is 24.0 Å². The molecule has 0 aromatic heterocycles. The van der Waals surface area contributed by atoms with Crippen LogP contribution in [0.1, 0.15) is 65.9 Å². The number of carbonyl (C=O) groups is 6. The summed E-state index contributed by atoms with van der Waals surface area (Å²) in [6.45, 7) is 9.55. The molecule has 2 atom stereocenters. The highest BCUT2D eigenvalue weighted by atomic mass is 32.2. The summed E-state index contributed by atoms with van der Waals surface area (Å²) in [7, 11) is -3.25. The number of nitrogens with zero attached hydrogens (tertiary/aromatic N) is 2. The number of anilines is 1. The van der Waals surface area contributed by atoms with Crippen LogP contribution in [0.4, 0.5) is 10.5 Å². The van der Waals surface area contributed by atoms with Crippen LogP contribution in [0.15, 0.2) is 36.4 Å². The Balaban J connectivity index is 1.80. The number of nitrogens with one attached hydrogen (secondary N) is 3. The molecule has 14 nitrogen and oxygen atoms in total. The van der Waals surface area contributed by atoms with Crippen LogP contribution in [0.2, 0.25) is 0 Å². The number of hydrogen-bond donors (Lipinski definition) is 3. The topological polar surface area (TPSA) is 188 Å². The molecule has 0 bridgehead atoms. The molecule has 0 radical (unpaired) electrons. The number of sulfone groups is 1. The van der Waals surface area contributed by atoms with Gasteiger partial charge in [0.05, 0.1) is 5.75 Å². The van der Waals surface area contributed by atoms with Crippen molar-refractivity contribution < 1.29 is 41.9 Å². The molecule has 2 rings (SSSR count). The zero-order chi connectivity index (χ0) is 36.0. The minimum absolute atomic E-state index is 0.0347. The highest BCUT2D eigenvalue weighted by Crippen LogP contribution is 2.13. The molecule has 3 N–H and O–H groups in total. The van der Waals surface area contributed by atoms with E-state index in [0.29, 0.717) is 37.1 Å². The number of rotatable bonds is 19. The number of benzene rings is 1. The molecule has 0 spiro atoms. The van der Waals surface area contributed by atoms with Crippen LogP contribution in [0, 0.1) is 11.8 Å². The number of carbonyl (C=O) groups excluding carboxylic acids is 6. The van der Waals surface area contributed by atoms with Crippen LogP contribution in [0.3, 0.4) is 0 Å². The molecule has 0 unspecified atom stereocenters. The molecule has 1 heterocycles. The van der Waals surface area contributed by atoms with Gasteiger partial charge in [-0.1, -0.05) is 46.2 Å². The van der Waals surface area contributed by atoms with Gasteiger partial charge in [0.1, 0.15) is 28.5 Å². The minimum Gasteiger partial charge on any atom is -0.445 e. The first-order chi connectivity index (χ1) is 22.5. The molecular weight excluding hydrogens is 642 g/mol. The van der Waals surface area contributed by atoms with Crippen LogP contribution in [0.5, 0.6) is 0 Å². The third-order valence-electron chi connectivity index (χ3n) is 7.36. The highest BCUT2D eigenvalue weighted by Gasteiger charge is 2.27. The molecule has 1 aliphatic rings. The molecule has 0 aliphatic carbocycles. The fraction of sp³-hybridized carbons (Fsp3) is 0.576. The third-order valence-corrected chi connectivity index (χ3v) is 8.29. The molecular formula is C33H49N5O9S. The van der Waals surface area contributed by atoms with E-state index < -0.39 is 39.8 Å². The van der Waals surface area contributed by atoms with Gasteiger partial charge in [-0.05, 0) is 49.3 Å². The lowest BCUT2D eigenvalue weighted by molar-refractivity contribution is -0.137. The van der Waals surface area contributed by atoms with Gasteiger partial charge in [-0.25, -0.2) is 13.2 Å². The summed E-state index contributed by atoms with van der Waals surface area (Å²) < 4.78 is 28.5. The van der Waals surface area contributed by atoms with Gasteiger partial charge in [0.25, 0.3) is 11.8 Å². The van der Waals surface area contributed by atoms with Gasteiger partial charge in [-0.2, -0.15) is 0 Å². The Labute approximate surface area is 282 Å². The van der Waals surface area contributed by atoms with E-state index in [-0.39, 0.29) is 61.4 Å². The SMILES string of the molecule is CC(C)CN(CCS(C)(=O)=O)C(=O)OCc1ccc(NC(=O)[C@H](C)NC(=O)[C@@H](NC(=O)CCCCCN2C(=O)C=CC2=O)C(C)C)cc1. The second-order valence-electron chi connectivity index (χ2n) is 12.7. The third kappa shape index (κ3) is 14.2. The summed E-state index contributed by atoms with van der Waals surface area (Å²) in [5.41, 5.74) is 1.11. The van der Waals surface area contributed by atoms with Crippen molar-refractivity contribution in [2.75, 3.05) is 37.0 Å². The van der Waals surface area contributed by atoms with E-state index in [1.54, 1.807) is 38.1 Å². The van der Waals surface area contributed by atoms with Crippen molar-refractivity contribution in [2.24, 2.45) is 11.8 Å². The van der Waals surface area contributed by atoms with Crippen molar-refractivity contribution in [3.8, 4) is 0 Å². The van der Waals surface area contributed by atoms with Crippen LogP contribution >= 0.6 is 0 Å². The smallest absolute Gasteiger partial charge is 0.410 e.